The molecule has 33 heavy (non-hydrogen) atoms. The first kappa shape index (κ1) is 23.0. The molecule has 0 spiro atoms. The maximum Gasteiger partial charge on any atom is 0.335 e. The molecule has 6 nitrogen and oxygen atoms in total. The largest absolute Gasteiger partial charge is 0.488 e. The van der Waals surface area contributed by atoms with Crippen molar-refractivity contribution in [3.8, 4) is 5.75 Å². The van der Waals surface area contributed by atoms with Gasteiger partial charge in [-0.1, -0.05) is 69.5 Å². The molecule has 1 aliphatic heterocycles. The van der Waals surface area contributed by atoms with Crippen LogP contribution in [0.15, 0.2) is 76.8 Å². The van der Waals surface area contributed by atoms with E-state index < -0.39 is 17.8 Å². The molecular weight excluding hydrogens is 531 g/mol. The Bertz CT molecular complexity index is 1310. The van der Waals surface area contributed by atoms with Crippen molar-refractivity contribution in [2.24, 2.45) is 0 Å². The van der Waals surface area contributed by atoms with Gasteiger partial charge in [-0.3, -0.25) is 14.9 Å². The molecule has 1 saturated heterocycles. The number of ether oxygens (including phenoxy) is 1. The van der Waals surface area contributed by atoms with Gasteiger partial charge in [-0.05, 0) is 42.5 Å². The average molecular weight is 546 g/mol. The van der Waals surface area contributed by atoms with Gasteiger partial charge in [0.05, 0.1) is 10.7 Å². The lowest BCUT2D eigenvalue weighted by atomic mass is 10.1. The number of anilines is 1. The maximum atomic E-state index is 13.2. The van der Waals surface area contributed by atoms with Gasteiger partial charge in [0.15, 0.2) is 0 Å². The minimum atomic E-state index is -0.883. The first-order chi connectivity index (χ1) is 15.8. The smallest absolute Gasteiger partial charge is 0.335 e. The number of imide groups is 2. The van der Waals surface area contributed by atoms with Gasteiger partial charge in [0.2, 0.25) is 0 Å². The predicted molar refractivity (Wildman–Crippen MR) is 130 cm³/mol. The van der Waals surface area contributed by atoms with Gasteiger partial charge < -0.3 is 4.74 Å². The summed E-state index contributed by atoms with van der Waals surface area (Å²) < 4.78 is 6.83. The molecule has 9 heteroatoms. The normalized spacial score (nSPS) is 15.1. The molecule has 4 amide bonds. The summed E-state index contributed by atoms with van der Waals surface area (Å²) in [6.45, 7) is 0.240. The molecular formula is C24H15BrCl2N2O4. The Morgan fingerprint density at radius 2 is 1.70 bits per heavy atom. The molecule has 3 aromatic rings. The van der Waals surface area contributed by atoms with E-state index in [1.807, 2.05) is 24.3 Å². The van der Waals surface area contributed by atoms with E-state index in [-0.39, 0.29) is 22.9 Å². The van der Waals surface area contributed by atoms with Crippen LogP contribution < -0.4 is 15.0 Å². The number of carbonyl (C=O) groups is 3. The molecule has 4 rings (SSSR count). The molecule has 0 unspecified atom stereocenters. The van der Waals surface area contributed by atoms with E-state index in [9.17, 15) is 14.4 Å². The van der Waals surface area contributed by atoms with Gasteiger partial charge in [-0.25, -0.2) is 9.69 Å². The third kappa shape index (κ3) is 4.95. The summed E-state index contributed by atoms with van der Waals surface area (Å²) >= 11 is 15.8. The number of benzene rings is 3. The van der Waals surface area contributed by atoms with Crippen molar-refractivity contribution in [3.05, 3.63) is 97.9 Å². The third-order valence-corrected chi connectivity index (χ3v) is 6.14. The molecule has 1 heterocycles. The lowest BCUT2D eigenvalue weighted by molar-refractivity contribution is -0.122. The Balaban J connectivity index is 1.70. The summed E-state index contributed by atoms with van der Waals surface area (Å²) in [6.07, 6.45) is 1.34. The average Bonchev–Trinajstić information content (AvgIpc) is 2.78. The molecule has 0 aromatic heterocycles. The second-order valence-corrected chi connectivity index (χ2v) is 8.67. The number of nitrogens with zero attached hydrogens (tertiary/aromatic N) is 1. The molecule has 0 atom stereocenters. The van der Waals surface area contributed by atoms with Gasteiger partial charge in [0, 0.05) is 20.6 Å². The van der Waals surface area contributed by atoms with E-state index in [0.717, 1.165) is 14.9 Å². The fraction of sp³-hybridized carbons (Fsp3) is 0.0417. The Labute approximate surface area is 207 Å². The van der Waals surface area contributed by atoms with Crippen LogP contribution in [-0.2, 0) is 16.2 Å². The summed E-state index contributed by atoms with van der Waals surface area (Å²) in [4.78, 5) is 38.9. The molecule has 0 aliphatic carbocycles. The SMILES string of the molecule is O=C1NC(=O)N(c2ccccc2Cl)C(=O)/C1=C/c1cc(Cl)ccc1OCc1ccccc1Br. The third-order valence-electron chi connectivity index (χ3n) is 4.81. The number of halogens is 3. The number of urea groups is 1. The first-order valence-corrected chi connectivity index (χ1v) is 11.2. The zero-order chi connectivity index (χ0) is 23.5. The second kappa shape index (κ2) is 9.79. The Morgan fingerprint density at radius 1 is 0.970 bits per heavy atom. The number of barbiturate groups is 1. The van der Waals surface area contributed by atoms with Crippen molar-refractivity contribution in [1.29, 1.82) is 0 Å². The molecule has 1 N–H and O–H groups in total. The topological polar surface area (TPSA) is 75.7 Å². The molecule has 3 aromatic carbocycles. The van der Waals surface area contributed by atoms with Crippen LogP contribution >= 0.6 is 39.1 Å². The number of hydrogen-bond donors (Lipinski definition) is 1. The van der Waals surface area contributed by atoms with E-state index in [2.05, 4.69) is 21.2 Å². The van der Waals surface area contributed by atoms with E-state index in [4.69, 9.17) is 27.9 Å². The molecule has 0 bridgehead atoms. The van der Waals surface area contributed by atoms with Crippen molar-refractivity contribution in [3.63, 3.8) is 0 Å². The van der Waals surface area contributed by atoms with Crippen LogP contribution in [0.1, 0.15) is 11.1 Å². The van der Waals surface area contributed by atoms with E-state index >= 15 is 0 Å². The van der Waals surface area contributed by atoms with Gasteiger partial charge >= 0.3 is 6.03 Å². The zero-order valence-electron chi connectivity index (χ0n) is 16.8. The fourth-order valence-corrected chi connectivity index (χ4v) is 4.00. The lowest BCUT2D eigenvalue weighted by Crippen LogP contribution is -2.54. The second-order valence-electron chi connectivity index (χ2n) is 6.97. The summed E-state index contributed by atoms with van der Waals surface area (Å²) in [7, 11) is 0. The van der Waals surface area contributed by atoms with E-state index in [1.54, 1.807) is 36.4 Å². The van der Waals surface area contributed by atoms with Crippen LogP contribution in [0.2, 0.25) is 10.0 Å². The van der Waals surface area contributed by atoms with Crippen molar-refractivity contribution in [1.82, 2.24) is 5.32 Å². The quantitative estimate of drug-likeness (QED) is 0.315. The Kier molecular flexibility index (Phi) is 6.83. The zero-order valence-corrected chi connectivity index (χ0v) is 19.9. The minimum Gasteiger partial charge on any atom is -0.488 e. The van der Waals surface area contributed by atoms with Gasteiger partial charge in [0.1, 0.15) is 17.9 Å². The van der Waals surface area contributed by atoms with E-state index in [0.29, 0.717) is 16.3 Å². The molecule has 1 fully saturated rings. The highest BCUT2D eigenvalue weighted by Crippen LogP contribution is 2.31. The lowest BCUT2D eigenvalue weighted by Gasteiger charge is -2.27. The monoisotopic (exact) mass is 544 g/mol. The predicted octanol–water partition coefficient (Wildman–Crippen LogP) is 6.00. The van der Waals surface area contributed by atoms with Crippen LogP contribution in [0.3, 0.4) is 0 Å². The minimum absolute atomic E-state index is 0.163. The van der Waals surface area contributed by atoms with Crippen LogP contribution in [0.4, 0.5) is 10.5 Å². The molecule has 1 aliphatic rings. The summed E-state index contributed by atoms with van der Waals surface area (Å²) in [5, 5.41) is 2.75. The Hall–Kier alpha value is -3.13. The van der Waals surface area contributed by atoms with Crippen LogP contribution in [0.5, 0.6) is 5.75 Å². The van der Waals surface area contributed by atoms with Crippen molar-refractivity contribution >= 4 is 68.7 Å². The highest BCUT2D eigenvalue weighted by atomic mass is 79.9. The fourth-order valence-electron chi connectivity index (χ4n) is 3.20. The standard InChI is InChI=1S/C24H15BrCl2N2O4/c25-18-6-2-1-5-14(18)13-33-21-10-9-16(26)11-15(21)12-17-22(30)28-24(32)29(23(17)31)20-8-4-3-7-19(20)27/h1-12H,13H2,(H,28,30,32)/b17-12+. The number of hydrogen-bond acceptors (Lipinski definition) is 4. The Morgan fingerprint density at radius 3 is 2.45 bits per heavy atom. The molecule has 166 valence electrons. The highest BCUT2D eigenvalue weighted by Gasteiger charge is 2.37. The molecule has 0 radical (unpaired) electrons. The van der Waals surface area contributed by atoms with Crippen molar-refractivity contribution < 1.29 is 19.1 Å². The summed E-state index contributed by atoms with van der Waals surface area (Å²) in [6, 6.07) is 17.9. The molecule has 0 saturated carbocycles. The highest BCUT2D eigenvalue weighted by molar-refractivity contribution is 9.10. The van der Waals surface area contributed by atoms with Gasteiger partial charge in [-0.2, -0.15) is 0 Å². The summed E-state index contributed by atoms with van der Waals surface area (Å²) in [5.74, 6) is -1.23. The summed E-state index contributed by atoms with van der Waals surface area (Å²) in [5.41, 5.74) is 1.22. The number of carbonyl (C=O) groups excluding carboxylic acids is 3. The number of amides is 4. The van der Waals surface area contributed by atoms with Gasteiger partial charge in [0.25, 0.3) is 11.8 Å². The van der Waals surface area contributed by atoms with Crippen LogP contribution in [-0.4, -0.2) is 17.8 Å². The number of nitrogens with one attached hydrogen (secondary N) is 1. The van der Waals surface area contributed by atoms with Gasteiger partial charge in [-0.15, -0.1) is 0 Å². The first-order valence-electron chi connectivity index (χ1n) is 9.67. The number of para-hydroxylation sites is 1. The van der Waals surface area contributed by atoms with Crippen molar-refractivity contribution in [2.75, 3.05) is 4.90 Å². The number of rotatable bonds is 5. The maximum absolute atomic E-state index is 13.2. The van der Waals surface area contributed by atoms with Crippen LogP contribution in [0, 0.1) is 0 Å². The van der Waals surface area contributed by atoms with Crippen LogP contribution in [0.25, 0.3) is 6.08 Å². The van der Waals surface area contributed by atoms with Crippen molar-refractivity contribution in [2.45, 2.75) is 6.61 Å². The van der Waals surface area contributed by atoms with E-state index in [1.165, 1.54) is 12.1 Å².